The molecule has 58 valence electrons. The molecule has 0 aliphatic heterocycles. The van der Waals surface area contributed by atoms with E-state index in [0.717, 1.165) is 19.3 Å². The monoisotopic (exact) mass is 140 g/mol. The van der Waals surface area contributed by atoms with Gasteiger partial charge in [0.1, 0.15) is 0 Å². The molecule has 1 atom stereocenters. The highest BCUT2D eigenvalue weighted by atomic mass is 14.7. The Hall–Kier alpha value is -0.760. The second kappa shape index (κ2) is 5.06. The Labute approximate surface area is 62.6 Å². The zero-order valence-electron chi connectivity index (χ0n) is 6.34. The summed E-state index contributed by atoms with van der Waals surface area (Å²) >= 11 is 0. The minimum atomic E-state index is -0.0417. The molecule has 0 amide bonds. The molecule has 0 aliphatic carbocycles. The molecule has 0 heterocycles. The highest BCUT2D eigenvalue weighted by Gasteiger charge is 2.00. The summed E-state index contributed by atoms with van der Waals surface area (Å²) < 4.78 is 0. The van der Waals surface area contributed by atoms with Gasteiger partial charge in [-0.1, -0.05) is 12.7 Å². The minimum Gasteiger partial charge on any atom is -0.401 e. The molecule has 0 fully saturated rings. The van der Waals surface area contributed by atoms with Crippen LogP contribution in [0, 0.1) is 0 Å². The number of hydrogen-bond donors (Lipinski definition) is 2. The molecule has 0 saturated heterocycles. The van der Waals surface area contributed by atoms with Gasteiger partial charge in [-0.2, -0.15) is 0 Å². The number of unbranched alkanes of at least 4 members (excludes halogenated alkanes) is 1. The Balaban J connectivity index is 3.30. The van der Waals surface area contributed by atoms with Crippen LogP contribution in [0.1, 0.15) is 19.3 Å². The molecule has 0 spiro atoms. The molecule has 4 N–H and O–H groups in total. The van der Waals surface area contributed by atoms with E-state index in [1.54, 1.807) is 0 Å². The molecule has 0 bridgehead atoms. The zero-order chi connectivity index (χ0) is 7.98. The predicted molar refractivity (Wildman–Crippen MR) is 45.4 cm³/mol. The maximum Gasteiger partial charge on any atom is 0.0436 e. The molecule has 10 heavy (non-hydrogen) atoms. The van der Waals surface area contributed by atoms with Crippen LogP contribution in [-0.2, 0) is 0 Å². The molecule has 2 nitrogen and oxygen atoms in total. The molecule has 2 heteroatoms. The van der Waals surface area contributed by atoms with Crippen LogP contribution in [-0.4, -0.2) is 6.04 Å². The topological polar surface area (TPSA) is 52.0 Å². The maximum absolute atomic E-state index is 5.60. The lowest BCUT2D eigenvalue weighted by atomic mass is 10.1. The summed E-state index contributed by atoms with van der Waals surface area (Å²) in [5.41, 5.74) is 11.5. The van der Waals surface area contributed by atoms with E-state index in [4.69, 9.17) is 11.5 Å². The van der Waals surface area contributed by atoms with Gasteiger partial charge in [0.05, 0.1) is 0 Å². The van der Waals surface area contributed by atoms with E-state index in [2.05, 4.69) is 13.2 Å². The zero-order valence-corrected chi connectivity index (χ0v) is 6.34. The Morgan fingerprint density at radius 1 is 1.60 bits per heavy atom. The third-order valence-corrected chi connectivity index (χ3v) is 1.40. The van der Waals surface area contributed by atoms with Gasteiger partial charge >= 0.3 is 0 Å². The van der Waals surface area contributed by atoms with Crippen LogP contribution < -0.4 is 11.5 Å². The van der Waals surface area contributed by atoms with Crippen LogP contribution >= 0.6 is 0 Å². The number of allylic oxidation sites excluding steroid dienone is 1. The van der Waals surface area contributed by atoms with E-state index >= 15 is 0 Å². The van der Waals surface area contributed by atoms with Crippen molar-refractivity contribution in [3.05, 3.63) is 24.9 Å². The molecule has 0 aromatic carbocycles. The minimum absolute atomic E-state index is 0.0417. The van der Waals surface area contributed by atoms with Crippen LogP contribution in [0.15, 0.2) is 24.9 Å². The lowest BCUT2D eigenvalue weighted by Crippen LogP contribution is -2.26. The third-order valence-electron chi connectivity index (χ3n) is 1.40. The van der Waals surface area contributed by atoms with E-state index < -0.39 is 0 Å². The van der Waals surface area contributed by atoms with Crippen LogP contribution in [0.2, 0.25) is 0 Å². The van der Waals surface area contributed by atoms with Crippen molar-refractivity contribution < 1.29 is 0 Å². The number of rotatable bonds is 5. The first kappa shape index (κ1) is 9.24. The van der Waals surface area contributed by atoms with Crippen molar-refractivity contribution in [3.63, 3.8) is 0 Å². The normalized spacial score (nSPS) is 12.5. The Morgan fingerprint density at radius 2 is 2.20 bits per heavy atom. The molecule has 0 radical (unpaired) electrons. The first-order valence-corrected chi connectivity index (χ1v) is 3.49. The average Bonchev–Trinajstić information content (AvgIpc) is 1.88. The maximum atomic E-state index is 5.60. The lowest BCUT2D eigenvalue weighted by molar-refractivity contribution is 0.646. The Kier molecular flexibility index (Phi) is 4.67. The summed E-state index contributed by atoms with van der Waals surface area (Å²) in [5.74, 6) is 0. The van der Waals surface area contributed by atoms with Gasteiger partial charge in [0, 0.05) is 11.7 Å². The summed E-state index contributed by atoms with van der Waals surface area (Å²) in [6.07, 6.45) is 4.83. The number of nitrogens with two attached hydrogens (primary N) is 2. The van der Waals surface area contributed by atoms with Gasteiger partial charge in [0.15, 0.2) is 0 Å². The highest BCUT2D eigenvalue weighted by molar-refractivity contribution is 4.97. The van der Waals surface area contributed by atoms with Crippen molar-refractivity contribution in [2.75, 3.05) is 0 Å². The van der Waals surface area contributed by atoms with Crippen molar-refractivity contribution in [3.8, 4) is 0 Å². The smallest absolute Gasteiger partial charge is 0.0436 e. The summed E-state index contributed by atoms with van der Waals surface area (Å²) in [7, 11) is 0. The lowest BCUT2D eigenvalue weighted by Gasteiger charge is -2.08. The van der Waals surface area contributed by atoms with Gasteiger partial charge in [-0.05, 0) is 19.3 Å². The van der Waals surface area contributed by atoms with E-state index in [0.29, 0.717) is 5.70 Å². The molecular weight excluding hydrogens is 124 g/mol. The van der Waals surface area contributed by atoms with Crippen LogP contribution in [0.4, 0.5) is 0 Å². The van der Waals surface area contributed by atoms with E-state index in [9.17, 15) is 0 Å². The van der Waals surface area contributed by atoms with E-state index in [1.807, 2.05) is 6.08 Å². The third kappa shape index (κ3) is 4.15. The first-order chi connectivity index (χ1) is 4.68. The van der Waals surface area contributed by atoms with Crippen molar-refractivity contribution in [2.24, 2.45) is 11.5 Å². The quantitative estimate of drug-likeness (QED) is 0.444. The summed E-state index contributed by atoms with van der Waals surface area (Å²) in [6.45, 7) is 7.17. The Morgan fingerprint density at radius 3 is 2.60 bits per heavy atom. The van der Waals surface area contributed by atoms with Gasteiger partial charge in [-0.15, -0.1) is 6.58 Å². The molecule has 0 aromatic rings. The highest BCUT2D eigenvalue weighted by Crippen LogP contribution is 2.01. The molecule has 0 aromatic heterocycles. The van der Waals surface area contributed by atoms with E-state index in [-0.39, 0.29) is 6.04 Å². The van der Waals surface area contributed by atoms with Gasteiger partial charge < -0.3 is 11.5 Å². The summed E-state index contributed by atoms with van der Waals surface area (Å²) in [5, 5.41) is 0. The van der Waals surface area contributed by atoms with Gasteiger partial charge in [-0.25, -0.2) is 0 Å². The second-order valence-corrected chi connectivity index (χ2v) is 2.40. The average molecular weight is 140 g/mol. The first-order valence-electron chi connectivity index (χ1n) is 3.49. The SMILES string of the molecule is C=CCCCC(N)C(=C)N. The Bertz CT molecular complexity index is 118. The fraction of sp³-hybridized carbons (Fsp3) is 0.500. The van der Waals surface area contributed by atoms with Crippen LogP contribution in [0.25, 0.3) is 0 Å². The van der Waals surface area contributed by atoms with Gasteiger partial charge in [0.2, 0.25) is 0 Å². The number of hydrogen-bond acceptors (Lipinski definition) is 2. The van der Waals surface area contributed by atoms with Crippen LogP contribution in [0.3, 0.4) is 0 Å². The standard InChI is InChI=1S/C8H16N2/c1-3-4-5-6-8(10)7(2)9/h3,8H,1-2,4-6,9-10H2. The van der Waals surface area contributed by atoms with Crippen LogP contribution in [0.5, 0.6) is 0 Å². The summed E-state index contributed by atoms with van der Waals surface area (Å²) in [4.78, 5) is 0. The van der Waals surface area contributed by atoms with Crippen molar-refractivity contribution in [1.82, 2.24) is 0 Å². The predicted octanol–water partition coefficient (Wildman–Crippen LogP) is 1.14. The van der Waals surface area contributed by atoms with E-state index in [1.165, 1.54) is 0 Å². The van der Waals surface area contributed by atoms with Gasteiger partial charge in [-0.3, -0.25) is 0 Å². The van der Waals surface area contributed by atoms with Crippen molar-refractivity contribution in [2.45, 2.75) is 25.3 Å². The van der Waals surface area contributed by atoms with Crippen molar-refractivity contribution in [1.29, 1.82) is 0 Å². The second-order valence-electron chi connectivity index (χ2n) is 2.40. The molecule has 0 aliphatic rings. The summed E-state index contributed by atoms with van der Waals surface area (Å²) in [6, 6.07) is -0.0417. The van der Waals surface area contributed by atoms with Gasteiger partial charge in [0.25, 0.3) is 0 Å². The fourth-order valence-corrected chi connectivity index (χ4v) is 0.667. The molecular formula is C8H16N2. The van der Waals surface area contributed by atoms with Crippen molar-refractivity contribution >= 4 is 0 Å². The molecule has 1 unspecified atom stereocenters. The molecule has 0 saturated carbocycles. The fourth-order valence-electron chi connectivity index (χ4n) is 0.667. The largest absolute Gasteiger partial charge is 0.401 e. The molecule has 0 rings (SSSR count).